The first kappa shape index (κ1) is 29.9. The number of amides is 1. The Balaban J connectivity index is 1.25. The van der Waals surface area contributed by atoms with Crippen LogP contribution in [-0.4, -0.2) is 96.8 Å². The maximum Gasteiger partial charge on any atom is 0.318 e. The van der Waals surface area contributed by atoms with E-state index in [1.807, 2.05) is 0 Å². The third kappa shape index (κ3) is 6.49. The van der Waals surface area contributed by atoms with Gasteiger partial charge in [-0.05, 0) is 37.3 Å². The monoisotopic (exact) mass is 595 g/mol. The van der Waals surface area contributed by atoms with Crippen LogP contribution in [0.1, 0.15) is 31.0 Å². The fraction of sp³-hybridized carbons (Fsp3) is 0.471. The van der Waals surface area contributed by atoms with Gasteiger partial charge in [-0.15, -0.1) is 0 Å². The van der Waals surface area contributed by atoms with Crippen molar-refractivity contribution in [1.82, 2.24) is 19.8 Å². The lowest BCUT2D eigenvalue weighted by Gasteiger charge is -2.42. The number of fused-ring (bicyclic) bond motifs is 2. The van der Waals surface area contributed by atoms with Gasteiger partial charge in [-0.2, -0.15) is 15.2 Å². The number of aromatic nitrogens is 2. The van der Waals surface area contributed by atoms with Crippen molar-refractivity contribution in [2.75, 3.05) is 68.8 Å². The van der Waals surface area contributed by atoms with E-state index < -0.39 is 0 Å². The van der Waals surface area contributed by atoms with Gasteiger partial charge in [-0.25, -0.2) is 0 Å². The highest BCUT2D eigenvalue weighted by molar-refractivity contribution is 5.94. The van der Waals surface area contributed by atoms with E-state index in [1.165, 1.54) is 22.5 Å². The minimum absolute atomic E-state index is 0.140. The van der Waals surface area contributed by atoms with Crippen LogP contribution in [0.3, 0.4) is 0 Å². The molecule has 1 aromatic heterocycles. The highest BCUT2D eigenvalue weighted by Crippen LogP contribution is 2.34. The molecule has 10 heteroatoms. The Labute approximate surface area is 259 Å². The van der Waals surface area contributed by atoms with Crippen LogP contribution in [-0.2, 0) is 22.5 Å². The van der Waals surface area contributed by atoms with Gasteiger partial charge < -0.3 is 24.2 Å². The largest absolute Gasteiger partial charge is 0.463 e. The molecule has 4 heterocycles. The molecule has 3 aliphatic heterocycles. The molecule has 0 N–H and O–H groups in total. The summed E-state index contributed by atoms with van der Waals surface area (Å²) in [7, 11) is 0. The molecule has 2 saturated heterocycles. The summed E-state index contributed by atoms with van der Waals surface area (Å²) in [6, 6.07) is 17.3. The first-order valence-electron chi connectivity index (χ1n) is 15.7. The van der Waals surface area contributed by atoms with Crippen molar-refractivity contribution in [2.24, 2.45) is 0 Å². The van der Waals surface area contributed by atoms with Crippen LogP contribution in [0.25, 0.3) is 10.8 Å². The second-order valence-corrected chi connectivity index (χ2v) is 11.8. The summed E-state index contributed by atoms with van der Waals surface area (Å²) in [4.78, 5) is 31.3. The topological polar surface area (TPSA) is 98.1 Å². The number of morpholine rings is 1. The molecule has 0 bridgehead atoms. The summed E-state index contributed by atoms with van der Waals surface area (Å²) < 4.78 is 11.9. The van der Waals surface area contributed by atoms with E-state index in [0.717, 1.165) is 62.7 Å². The van der Waals surface area contributed by atoms with E-state index in [2.05, 4.69) is 76.7 Å². The normalized spacial score (nSPS) is 20.7. The first-order valence-corrected chi connectivity index (χ1v) is 15.7. The first-order chi connectivity index (χ1) is 21.5. The number of piperazine rings is 1. The lowest BCUT2D eigenvalue weighted by Crippen LogP contribution is -2.55. The molecule has 2 atom stereocenters. The van der Waals surface area contributed by atoms with Crippen LogP contribution in [0.4, 0.5) is 11.5 Å². The van der Waals surface area contributed by atoms with E-state index in [9.17, 15) is 10.1 Å². The number of ether oxygens (including phenoxy) is 2. The fourth-order valence-electron chi connectivity index (χ4n) is 6.68. The zero-order valence-corrected chi connectivity index (χ0v) is 25.5. The predicted molar refractivity (Wildman–Crippen MR) is 171 cm³/mol. The van der Waals surface area contributed by atoms with Crippen LogP contribution >= 0.6 is 0 Å². The molecule has 1 amide bonds. The Morgan fingerprint density at radius 2 is 1.98 bits per heavy atom. The van der Waals surface area contributed by atoms with Gasteiger partial charge in [0.05, 0.1) is 50.1 Å². The number of nitrogens with zero attached hydrogens (tertiary/aromatic N) is 7. The molecule has 10 nitrogen and oxygen atoms in total. The van der Waals surface area contributed by atoms with Crippen LogP contribution < -0.4 is 14.5 Å². The van der Waals surface area contributed by atoms with Crippen LogP contribution in [0.15, 0.2) is 55.1 Å². The van der Waals surface area contributed by atoms with Crippen molar-refractivity contribution < 1.29 is 14.3 Å². The molecule has 3 aliphatic rings. The molecule has 0 saturated carbocycles. The van der Waals surface area contributed by atoms with E-state index in [0.29, 0.717) is 38.8 Å². The van der Waals surface area contributed by atoms with Crippen molar-refractivity contribution >= 4 is 28.2 Å². The molecule has 3 aromatic rings. The quantitative estimate of drug-likeness (QED) is 0.270. The highest BCUT2D eigenvalue weighted by Gasteiger charge is 2.33. The Bertz CT molecular complexity index is 1530. The number of anilines is 2. The van der Waals surface area contributed by atoms with Crippen molar-refractivity contribution in [3.63, 3.8) is 0 Å². The second kappa shape index (κ2) is 13.6. The van der Waals surface area contributed by atoms with Crippen molar-refractivity contribution in [3.05, 3.63) is 66.4 Å². The lowest BCUT2D eigenvalue weighted by molar-refractivity contribution is -0.128. The van der Waals surface area contributed by atoms with Gasteiger partial charge in [0.2, 0.25) is 5.91 Å². The predicted octanol–water partition coefficient (Wildman–Crippen LogP) is 3.80. The Kier molecular flexibility index (Phi) is 9.24. The van der Waals surface area contributed by atoms with Gasteiger partial charge in [0.1, 0.15) is 5.82 Å². The Morgan fingerprint density at radius 3 is 2.82 bits per heavy atom. The molecular weight excluding hydrogens is 554 g/mol. The zero-order valence-electron chi connectivity index (χ0n) is 25.5. The maximum atomic E-state index is 12.5. The molecule has 44 heavy (non-hydrogen) atoms. The van der Waals surface area contributed by atoms with Crippen molar-refractivity contribution in [3.8, 4) is 12.1 Å². The van der Waals surface area contributed by atoms with Gasteiger partial charge >= 0.3 is 6.01 Å². The van der Waals surface area contributed by atoms with Gasteiger partial charge in [-0.1, -0.05) is 43.0 Å². The third-order valence-corrected chi connectivity index (χ3v) is 8.87. The standard InChI is InChI=1S/C34H41N7O3/c1-3-32(42)41-18-17-40(23-27(41)12-14-35)33-29-13-16-39(31-11-6-9-26-8-4-5-10-28(26)31)24-30(29)36-34(37-33)44-20-7-15-38-19-21-43-25(2)22-38/h3-6,8-11,25,27H,1,7,12-13,15-24H2,2H3/t25-,27?/m0/s1. The number of hydrogen-bond donors (Lipinski definition) is 0. The number of carbonyl (C=O) groups excluding carboxylic acids is 1. The number of benzene rings is 2. The molecule has 2 fully saturated rings. The molecule has 0 radical (unpaired) electrons. The van der Waals surface area contributed by atoms with E-state index in [1.54, 1.807) is 4.90 Å². The summed E-state index contributed by atoms with van der Waals surface area (Å²) >= 11 is 0. The van der Waals surface area contributed by atoms with Crippen LogP contribution in [0, 0.1) is 11.3 Å². The van der Waals surface area contributed by atoms with Gasteiger partial charge in [0, 0.05) is 62.5 Å². The van der Waals surface area contributed by atoms with E-state index >= 15 is 0 Å². The van der Waals surface area contributed by atoms with Crippen molar-refractivity contribution in [2.45, 2.75) is 44.9 Å². The van der Waals surface area contributed by atoms with Gasteiger partial charge in [0.25, 0.3) is 0 Å². The number of carbonyl (C=O) groups is 1. The van der Waals surface area contributed by atoms with Gasteiger partial charge in [0.15, 0.2) is 0 Å². The molecule has 2 aromatic carbocycles. The van der Waals surface area contributed by atoms with Crippen LogP contribution in [0.2, 0.25) is 0 Å². The minimum atomic E-state index is -0.235. The second-order valence-electron chi connectivity index (χ2n) is 11.8. The summed E-state index contributed by atoms with van der Waals surface area (Å²) in [6.45, 7) is 13.0. The number of hydrogen-bond acceptors (Lipinski definition) is 9. The molecule has 0 spiro atoms. The van der Waals surface area contributed by atoms with E-state index in [-0.39, 0.29) is 24.5 Å². The fourth-order valence-corrected chi connectivity index (χ4v) is 6.68. The SMILES string of the molecule is C=CC(=O)N1CCN(c2nc(OCCCN3CCO[C@@H](C)C3)nc3c2CCN(c2cccc4ccccc24)C3)CC1CC#N. The minimum Gasteiger partial charge on any atom is -0.463 e. The van der Waals surface area contributed by atoms with Crippen molar-refractivity contribution in [1.29, 1.82) is 5.26 Å². The molecular formula is C34H41N7O3. The molecule has 6 rings (SSSR count). The Morgan fingerprint density at radius 1 is 1.11 bits per heavy atom. The van der Waals surface area contributed by atoms with E-state index in [4.69, 9.17) is 19.4 Å². The number of rotatable bonds is 9. The van der Waals surface area contributed by atoms with Crippen LogP contribution in [0.5, 0.6) is 6.01 Å². The third-order valence-electron chi connectivity index (χ3n) is 8.87. The summed E-state index contributed by atoms with van der Waals surface area (Å²) in [6.07, 6.45) is 3.50. The summed E-state index contributed by atoms with van der Waals surface area (Å²) in [5, 5.41) is 12.0. The smallest absolute Gasteiger partial charge is 0.318 e. The zero-order chi connectivity index (χ0) is 30.5. The lowest BCUT2D eigenvalue weighted by atomic mass is 10.0. The molecule has 0 aliphatic carbocycles. The molecule has 1 unspecified atom stereocenters. The maximum absolute atomic E-state index is 12.5. The average Bonchev–Trinajstić information content (AvgIpc) is 3.05. The van der Waals surface area contributed by atoms with Gasteiger partial charge in [-0.3, -0.25) is 9.69 Å². The Hall–Kier alpha value is -4.20. The average molecular weight is 596 g/mol. The molecule has 230 valence electrons. The summed E-state index contributed by atoms with van der Waals surface area (Å²) in [5.74, 6) is 0.720. The highest BCUT2D eigenvalue weighted by atomic mass is 16.5. The summed E-state index contributed by atoms with van der Waals surface area (Å²) in [5.41, 5.74) is 3.28. The number of nitriles is 1.